The largest absolute Gasteiger partial charge is 0.459 e. The molecule has 0 atom stereocenters. The van der Waals surface area contributed by atoms with E-state index in [1.54, 1.807) is 32.9 Å². The summed E-state index contributed by atoms with van der Waals surface area (Å²) in [7, 11) is 0. The van der Waals surface area contributed by atoms with E-state index >= 15 is 0 Å². The van der Waals surface area contributed by atoms with Crippen LogP contribution >= 0.6 is 0 Å². The normalized spacial score (nSPS) is 13.7. The predicted octanol–water partition coefficient (Wildman–Crippen LogP) is 3.68. The molecule has 1 aliphatic rings. The molecule has 0 aliphatic carbocycles. The fourth-order valence-corrected chi connectivity index (χ4v) is 3.28. The van der Waals surface area contributed by atoms with E-state index in [4.69, 9.17) is 4.74 Å². The van der Waals surface area contributed by atoms with Crippen molar-refractivity contribution in [2.45, 2.75) is 32.5 Å². The van der Waals surface area contributed by atoms with Crippen LogP contribution in [0.3, 0.4) is 0 Å². The standard InChI is InChI=1S/C23H21F3N2O5/c1-22(2,3)33-19(30)13-27(15-8-6-7-14(11-15)23(24,25)26)18(29)12-28-20(31)16-9-4-5-10-17(16)21(28)32/h4-11H,12-13H2,1-3H3. The minimum Gasteiger partial charge on any atom is -0.459 e. The number of rotatable bonds is 5. The van der Waals surface area contributed by atoms with Crippen molar-refractivity contribution in [2.24, 2.45) is 0 Å². The van der Waals surface area contributed by atoms with Crippen LogP contribution in [0.4, 0.5) is 18.9 Å². The lowest BCUT2D eigenvalue weighted by molar-refractivity contribution is -0.153. The van der Waals surface area contributed by atoms with Crippen molar-refractivity contribution >= 4 is 29.4 Å². The zero-order chi connectivity index (χ0) is 24.6. The Balaban J connectivity index is 1.91. The summed E-state index contributed by atoms with van der Waals surface area (Å²) >= 11 is 0. The highest BCUT2D eigenvalue weighted by Gasteiger charge is 2.38. The molecule has 0 N–H and O–H groups in total. The Kier molecular flexibility index (Phi) is 6.31. The molecule has 0 unspecified atom stereocenters. The second kappa shape index (κ2) is 8.68. The zero-order valence-electron chi connectivity index (χ0n) is 18.1. The first-order valence-corrected chi connectivity index (χ1v) is 9.92. The SMILES string of the molecule is CC(C)(C)OC(=O)CN(C(=O)CN1C(=O)c2ccccc2C1=O)c1cccc(C(F)(F)F)c1. The van der Waals surface area contributed by atoms with Gasteiger partial charge in [0, 0.05) is 5.69 Å². The van der Waals surface area contributed by atoms with Crippen LogP contribution in [0, 0.1) is 0 Å². The number of hydrogen-bond acceptors (Lipinski definition) is 5. The second-order valence-electron chi connectivity index (χ2n) is 8.36. The molecule has 10 heteroatoms. The molecule has 3 rings (SSSR count). The third kappa shape index (κ3) is 5.39. The van der Waals surface area contributed by atoms with E-state index in [9.17, 15) is 32.3 Å². The van der Waals surface area contributed by atoms with Crippen molar-refractivity contribution in [3.63, 3.8) is 0 Å². The average Bonchev–Trinajstić information content (AvgIpc) is 2.95. The van der Waals surface area contributed by atoms with Gasteiger partial charge in [0.25, 0.3) is 11.8 Å². The maximum atomic E-state index is 13.2. The van der Waals surface area contributed by atoms with E-state index in [0.29, 0.717) is 11.0 Å². The molecule has 1 heterocycles. The van der Waals surface area contributed by atoms with Gasteiger partial charge in [-0.1, -0.05) is 18.2 Å². The van der Waals surface area contributed by atoms with Crippen molar-refractivity contribution in [1.29, 1.82) is 0 Å². The van der Waals surface area contributed by atoms with Crippen LogP contribution in [0.2, 0.25) is 0 Å². The molecule has 0 saturated heterocycles. The van der Waals surface area contributed by atoms with Crippen LogP contribution < -0.4 is 4.90 Å². The summed E-state index contributed by atoms with van der Waals surface area (Å²) < 4.78 is 44.8. The Labute approximate surface area is 187 Å². The molecule has 0 fully saturated rings. The second-order valence-corrected chi connectivity index (χ2v) is 8.36. The highest BCUT2D eigenvalue weighted by Crippen LogP contribution is 2.32. The number of carbonyl (C=O) groups excluding carboxylic acids is 4. The number of hydrogen-bond donors (Lipinski definition) is 0. The fraction of sp³-hybridized carbons (Fsp3) is 0.304. The molecule has 1 aliphatic heterocycles. The van der Waals surface area contributed by atoms with Gasteiger partial charge in [0.05, 0.1) is 16.7 Å². The van der Waals surface area contributed by atoms with Crippen molar-refractivity contribution in [1.82, 2.24) is 4.90 Å². The topological polar surface area (TPSA) is 84.0 Å². The number of ether oxygens (including phenoxy) is 1. The Bertz CT molecular complexity index is 1090. The molecule has 0 radical (unpaired) electrons. The number of benzene rings is 2. The van der Waals surface area contributed by atoms with Gasteiger partial charge in [0.2, 0.25) is 5.91 Å². The van der Waals surface area contributed by atoms with Crippen LogP contribution in [0.1, 0.15) is 47.1 Å². The molecule has 0 saturated carbocycles. The average molecular weight is 462 g/mol. The number of nitrogens with zero attached hydrogens (tertiary/aromatic N) is 2. The monoisotopic (exact) mass is 462 g/mol. The van der Waals surface area contributed by atoms with E-state index < -0.39 is 54.1 Å². The van der Waals surface area contributed by atoms with Crippen molar-refractivity contribution in [2.75, 3.05) is 18.0 Å². The first-order valence-electron chi connectivity index (χ1n) is 9.92. The summed E-state index contributed by atoms with van der Waals surface area (Å²) in [5, 5.41) is 0. The van der Waals surface area contributed by atoms with Crippen molar-refractivity contribution < 1.29 is 37.1 Å². The zero-order valence-corrected chi connectivity index (χ0v) is 18.1. The first kappa shape index (κ1) is 24.0. The van der Waals surface area contributed by atoms with Gasteiger partial charge in [-0.15, -0.1) is 0 Å². The Morgan fingerprint density at radius 3 is 2.03 bits per heavy atom. The number of amides is 3. The summed E-state index contributed by atoms with van der Waals surface area (Å²) in [5.74, 6) is -3.19. The Morgan fingerprint density at radius 2 is 1.52 bits per heavy atom. The van der Waals surface area contributed by atoms with Gasteiger partial charge in [-0.25, -0.2) is 0 Å². The molecule has 33 heavy (non-hydrogen) atoms. The van der Waals surface area contributed by atoms with Gasteiger partial charge in [-0.05, 0) is 51.1 Å². The Hall–Kier alpha value is -3.69. The number of imide groups is 1. The van der Waals surface area contributed by atoms with Crippen LogP contribution in [-0.4, -0.2) is 47.3 Å². The van der Waals surface area contributed by atoms with Gasteiger partial charge in [0.15, 0.2) is 0 Å². The lowest BCUT2D eigenvalue weighted by Gasteiger charge is -2.27. The molecule has 0 bridgehead atoms. The number of alkyl halides is 3. The molecular formula is C23H21F3N2O5. The summed E-state index contributed by atoms with van der Waals surface area (Å²) in [4.78, 5) is 52.1. The van der Waals surface area contributed by atoms with Crippen LogP contribution in [0.5, 0.6) is 0 Å². The van der Waals surface area contributed by atoms with E-state index in [1.807, 2.05) is 0 Å². The van der Waals surface area contributed by atoms with Crippen LogP contribution in [0.15, 0.2) is 48.5 Å². The molecule has 174 valence electrons. The molecule has 2 aromatic rings. The highest BCUT2D eigenvalue weighted by molar-refractivity contribution is 6.22. The fourth-order valence-electron chi connectivity index (χ4n) is 3.28. The van der Waals surface area contributed by atoms with Gasteiger partial charge in [0.1, 0.15) is 18.7 Å². The molecular weight excluding hydrogens is 441 g/mol. The van der Waals surface area contributed by atoms with E-state index in [-0.39, 0.29) is 16.8 Å². The van der Waals surface area contributed by atoms with Gasteiger partial charge < -0.3 is 4.74 Å². The van der Waals surface area contributed by atoms with Crippen LogP contribution in [0.25, 0.3) is 0 Å². The van der Waals surface area contributed by atoms with Gasteiger partial charge in [-0.2, -0.15) is 13.2 Å². The highest BCUT2D eigenvalue weighted by atomic mass is 19.4. The molecule has 0 spiro atoms. The quantitative estimate of drug-likeness (QED) is 0.500. The maximum Gasteiger partial charge on any atom is 0.416 e. The van der Waals surface area contributed by atoms with E-state index in [0.717, 1.165) is 17.0 Å². The molecule has 7 nitrogen and oxygen atoms in total. The Morgan fingerprint density at radius 1 is 0.939 bits per heavy atom. The van der Waals surface area contributed by atoms with E-state index in [2.05, 4.69) is 0 Å². The van der Waals surface area contributed by atoms with Crippen molar-refractivity contribution in [3.8, 4) is 0 Å². The molecule has 2 aromatic carbocycles. The number of carbonyl (C=O) groups is 4. The summed E-state index contributed by atoms with van der Waals surface area (Å²) in [6.45, 7) is 3.33. The van der Waals surface area contributed by atoms with Gasteiger partial charge >= 0.3 is 12.1 Å². The number of anilines is 1. The maximum absolute atomic E-state index is 13.2. The predicted molar refractivity (Wildman–Crippen MR) is 111 cm³/mol. The lowest BCUT2D eigenvalue weighted by atomic mass is 10.1. The molecule has 0 aromatic heterocycles. The first-order chi connectivity index (χ1) is 15.3. The molecule has 3 amide bonds. The van der Waals surface area contributed by atoms with Gasteiger partial charge in [-0.3, -0.25) is 29.0 Å². The third-order valence-electron chi connectivity index (χ3n) is 4.67. The lowest BCUT2D eigenvalue weighted by Crippen LogP contribution is -2.45. The third-order valence-corrected chi connectivity index (χ3v) is 4.67. The van der Waals surface area contributed by atoms with Crippen molar-refractivity contribution in [3.05, 3.63) is 65.2 Å². The summed E-state index contributed by atoms with van der Waals surface area (Å²) in [6, 6.07) is 9.85. The smallest absolute Gasteiger partial charge is 0.416 e. The summed E-state index contributed by atoms with van der Waals surface area (Å²) in [6.07, 6.45) is -4.68. The minimum atomic E-state index is -4.68. The number of fused-ring (bicyclic) bond motifs is 1. The number of esters is 1. The summed E-state index contributed by atoms with van der Waals surface area (Å²) in [5.41, 5.74) is -1.91. The van der Waals surface area contributed by atoms with Crippen LogP contribution in [-0.2, 0) is 20.5 Å². The number of halogens is 3. The minimum absolute atomic E-state index is 0.119. The van der Waals surface area contributed by atoms with E-state index in [1.165, 1.54) is 18.2 Å².